The molecule has 9 nitrogen and oxygen atoms in total. The van der Waals surface area contributed by atoms with Gasteiger partial charge in [-0.1, -0.05) is 60.7 Å². The predicted molar refractivity (Wildman–Crippen MR) is 145 cm³/mol. The number of ether oxygens (including phenoxy) is 1. The molecule has 3 aromatic carbocycles. The van der Waals surface area contributed by atoms with Gasteiger partial charge in [-0.3, -0.25) is 4.79 Å². The highest BCUT2D eigenvalue weighted by molar-refractivity contribution is 7.89. The summed E-state index contributed by atoms with van der Waals surface area (Å²) in [5.41, 5.74) is 3.28. The standard InChI is InChI=1S/C28H32N2O7S/c1-19(2)37-26-17-23(13-14-24(26)27(32)29-38(3,35)36)21-11-9-20(10-12-21)15-16-30(28(33)34)18-25(31)22-7-5-4-6-8-22/h4-14,17,19,25,31H,15-16,18H2,1-3H3,(H,29,32)(H,33,34)/t25-/m0/s1. The molecule has 2 amide bonds. The number of hydrogen-bond acceptors (Lipinski definition) is 6. The predicted octanol–water partition coefficient (Wildman–Crippen LogP) is 4.09. The molecule has 10 heteroatoms. The quantitative estimate of drug-likeness (QED) is 0.334. The minimum Gasteiger partial charge on any atom is -0.490 e. The van der Waals surface area contributed by atoms with E-state index < -0.39 is 28.1 Å². The molecule has 0 aliphatic heterocycles. The van der Waals surface area contributed by atoms with Crippen LogP contribution in [-0.4, -0.2) is 61.0 Å². The van der Waals surface area contributed by atoms with Gasteiger partial charge in [-0.25, -0.2) is 17.9 Å². The number of aliphatic hydroxyl groups is 1. The van der Waals surface area contributed by atoms with Crippen molar-refractivity contribution >= 4 is 22.0 Å². The first kappa shape index (κ1) is 28.7. The first-order chi connectivity index (χ1) is 17.9. The lowest BCUT2D eigenvalue weighted by Crippen LogP contribution is -2.35. The number of nitrogens with one attached hydrogen (secondary N) is 1. The molecule has 3 N–H and O–H groups in total. The van der Waals surface area contributed by atoms with Crippen LogP contribution in [0.1, 0.15) is 41.4 Å². The van der Waals surface area contributed by atoms with Crippen LogP contribution < -0.4 is 9.46 Å². The Morgan fingerprint density at radius 3 is 2.18 bits per heavy atom. The number of carboxylic acid groups (broad SMARTS) is 1. The van der Waals surface area contributed by atoms with E-state index in [-0.39, 0.29) is 30.5 Å². The van der Waals surface area contributed by atoms with Crippen LogP contribution in [0.3, 0.4) is 0 Å². The van der Waals surface area contributed by atoms with Gasteiger partial charge >= 0.3 is 6.09 Å². The molecule has 0 aromatic heterocycles. The molecule has 0 spiro atoms. The van der Waals surface area contributed by atoms with Crippen molar-refractivity contribution in [3.8, 4) is 16.9 Å². The van der Waals surface area contributed by atoms with Crippen LogP contribution in [-0.2, 0) is 16.4 Å². The summed E-state index contributed by atoms with van der Waals surface area (Å²) in [5.74, 6) is -0.512. The number of hydrogen-bond donors (Lipinski definition) is 3. The van der Waals surface area contributed by atoms with Gasteiger partial charge in [-0.05, 0) is 54.7 Å². The highest BCUT2D eigenvalue weighted by Crippen LogP contribution is 2.29. The van der Waals surface area contributed by atoms with E-state index in [2.05, 4.69) is 0 Å². The highest BCUT2D eigenvalue weighted by Gasteiger charge is 2.19. The van der Waals surface area contributed by atoms with Gasteiger partial charge in [-0.15, -0.1) is 0 Å². The van der Waals surface area contributed by atoms with Crippen molar-refractivity contribution in [3.05, 3.63) is 89.5 Å². The van der Waals surface area contributed by atoms with E-state index in [1.54, 1.807) is 50.2 Å². The lowest BCUT2D eigenvalue weighted by Gasteiger charge is -2.22. The van der Waals surface area contributed by atoms with E-state index in [4.69, 9.17) is 4.74 Å². The third-order valence-corrected chi connectivity index (χ3v) is 6.23. The summed E-state index contributed by atoms with van der Waals surface area (Å²) in [7, 11) is -3.73. The maximum absolute atomic E-state index is 12.4. The molecule has 0 heterocycles. The fourth-order valence-corrected chi connectivity index (χ4v) is 4.29. The zero-order valence-electron chi connectivity index (χ0n) is 21.5. The first-order valence-corrected chi connectivity index (χ1v) is 13.9. The largest absolute Gasteiger partial charge is 0.490 e. The minimum atomic E-state index is -3.73. The Hall–Kier alpha value is -3.89. The molecule has 0 aliphatic carbocycles. The van der Waals surface area contributed by atoms with Gasteiger partial charge in [-0.2, -0.15) is 0 Å². The third kappa shape index (κ3) is 8.32. The number of sulfonamides is 1. The summed E-state index contributed by atoms with van der Waals surface area (Å²) in [4.78, 5) is 25.4. The van der Waals surface area contributed by atoms with Crippen molar-refractivity contribution in [3.63, 3.8) is 0 Å². The molecule has 0 unspecified atom stereocenters. The normalized spacial score (nSPS) is 12.1. The second-order valence-electron chi connectivity index (χ2n) is 9.18. The van der Waals surface area contributed by atoms with Gasteiger partial charge in [0.25, 0.3) is 5.91 Å². The average Bonchev–Trinajstić information content (AvgIpc) is 2.85. The molecule has 3 rings (SSSR count). The number of carbonyl (C=O) groups excluding carboxylic acids is 1. The smallest absolute Gasteiger partial charge is 0.407 e. The van der Waals surface area contributed by atoms with E-state index in [9.17, 15) is 28.2 Å². The van der Waals surface area contributed by atoms with Crippen LogP contribution >= 0.6 is 0 Å². The van der Waals surface area contributed by atoms with Crippen molar-refractivity contribution in [2.75, 3.05) is 19.3 Å². The average molecular weight is 541 g/mol. The molecule has 0 radical (unpaired) electrons. The SMILES string of the molecule is CC(C)Oc1cc(-c2ccc(CCN(C[C@H](O)c3ccccc3)C(=O)O)cc2)ccc1C(=O)NS(C)(=O)=O. The fraction of sp³-hybridized carbons (Fsp3) is 0.286. The lowest BCUT2D eigenvalue weighted by atomic mass is 10.0. The lowest BCUT2D eigenvalue weighted by molar-refractivity contribution is 0.0970. The Balaban J connectivity index is 1.72. The monoisotopic (exact) mass is 540 g/mol. The summed E-state index contributed by atoms with van der Waals surface area (Å²) in [6, 6.07) is 21.4. The van der Waals surface area contributed by atoms with Crippen molar-refractivity contribution in [2.24, 2.45) is 0 Å². The van der Waals surface area contributed by atoms with Gasteiger partial charge in [0.1, 0.15) is 5.75 Å². The van der Waals surface area contributed by atoms with E-state index in [0.29, 0.717) is 12.0 Å². The second kappa shape index (κ2) is 12.6. The Morgan fingerprint density at radius 2 is 1.61 bits per heavy atom. The number of nitrogens with zero attached hydrogens (tertiary/aromatic N) is 1. The van der Waals surface area contributed by atoms with Crippen molar-refractivity contribution in [1.82, 2.24) is 9.62 Å². The summed E-state index contributed by atoms with van der Waals surface area (Å²) in [6.45, 7) is 3.79. The fourth-order valence-electron chi connectivity index (χ4n) is 3.85. The zero-order chi connectivity index (χ0) is 27.9. The molecule has 202 valence electrons. The maximum Gasteiger partial charge on any atom is 0.407 e. The minimum absolute atomic E-state index is 0.0324. The first-order valence-electron chi connectivity index (χ1n) is 12.1. The van der Waals surface area contributed by atoms with Crippen LogP contribution in [0, 0.1) is 0 Å². The van der Waals surface area contributed by atoms with Crippen LogP contribution in [0.2, 0.25) is 0 Å². The van der Waals surface area contributed by atoms with Gasteiger partial charge in [0.15, 0.2) is 0 Å². The van der Waals surface area contributed by atoms with Crippen LogP contribution in [0.5, 0.6) is 5.75 Å². The molecule has 0 saturated carbocycles. The molecule has 0 fully saturated rings. The number of aliphatic hydroxyl groups excluding tert-OH is 1. The van der Waals surface area contributed by atoms with Crippen molar-refractivity contribution in [1.29, 1.82) is 0 Å². The van der Waals surface area contributed by atoms with E-state index in [0.717, 1.165) is 22.9 Å². The number of benzene rings is 3. The zero-order valence-corrected chi connectivity index (χ0v) is 22.3. The Morgan fingerprint density at radius 1 is 0.974 bits per heavy atom. The maximum atomic E-state index is 12.4. The van der Waals surface area contributed by atoms with Crippen molar-refractivity contribution < 1.29 is 33.0 Å². The van der Waals surface area contributed by atoms with E-state index >= 15 is 0 Å². The van der Waals surface area contributed by atoms with Gasteiger partial charge < -0.3 is 19.8 Å². The molecular formula is C28H32N2O7S. The molecule has 0 aliphatic rings. The topological polar surface area (TPSA) is 133 Å². The Bertz CT molecular complexity index is 1360. The number of carbonyl (C=O) groups is 2. The third-order valence-electron chi connectivity index (χ3n) is 5.67. The van der Waals surface area contributed by atoms with Crippen LogP contribution in [0.15, 0.2) is 72.8 Å². The molecular weight excluding hydrogens is 508 g/mol. The van der Waals surface area contributed by atoms with Crippen molar-refractivity contribution in [2.45, 2.75) is 32.5 Å². The molecule has 3 aromatic rings. The molecule has 38 heavy (non-hydrogen) atoms. The number of amides is 2. The van der Waals surface area contributed by atoms with E-state index in [1.165, 1.54) is 11.0 Å². The molecule has 0 bridgehead atoms. The van der Waals surface area contributed by atoms with Gasteiger partial charge in [0.2, 0.25) is 10.0 Å². The summed E-state index contributed by atoms with van der Waals surface area (Å²) >= 11 is 0. The Labute approximate surface area is 222 Å². The second-order valence-corrected chi connectivity index (χ2v) is 10.9. The van der Waals surface area contributed by atoms with Crippen LogP contribution in [0.25, 0.3) is 11.1 Å². The van der Waals surface area contributed by atoms with E-state index in [1.807, 2.05) is 35.1 Å². The summed E-state index contributed by atoms with van der Waals surface area (Å²) in [6.07, 6.45) is -0.894. The van der Waals surface area contributed by atoms with Gasteiger partial charge in [0.05, 0.1) is 30.6 Å². The van der Waals surface area contributed by atoms with Gasteiger partial charge in [0, 0.05) is 6.54 Å². The molecule has 1 atom stereocenters. The Kier molecular flexibility index (Phi) is 9.49. The van der Waals surface area contributed by atoms with Crippen LogP contribution in [0.4, 0.5) is 4.79 Å². The summed E-state index contributed by atoms with van der Waals surface area (Å²) in [5, 5.41) is 20.0. The molecule has 0 saturated heterocycles. The number of rotatable bonds is 11. The summed E-state index contributed by atoms with van der Waals surface area (Å²) < 4.78 is 30.7. The highest BCUT2D eigenvalue weighted by atomic mass is 32.2.